The first-order valence-electron chi connectivity index (χ1n) is 9.55. The van der Waals surface area contributed by atoms with Crippen molar-refractivity contribution in [2.24, 2.45) is 0 Å². The molecule has 0 bridgehead atoms. The molecule has 0 saturated carbocycles. The molecule has 2 aromatic rings. The number of carbonyl (C=O) groups excluding carboxylic acids is 1. The topological polar surface area (TPSA) is 100 Å². The summed E-state index contributed by atoms with van der Waals surface area (Å²) in [7, 11) is 0. The predicted octanol–water partition coefficient (Wildman–Crippen LogP) is 2.39. The van der Waals surface area contributed by atoms with Crippen molar-refractivity contribution in [2.75, 3.05) is 19.6 Å². The van der Waals surface area contributed by atoms with Crippen LogP contribution in [-0.4, -0.2) is 62.5 Å². The van der Waals surface area contributed by atoms with Crippen LogP contribution in [0.4, 0.5) is 17.6 Å². The van der Waals surface area contributed by atoms with Crippen molar-refractivity contribution in [3.05, 3.63) is 48.3 Å². The number of nitrogens with zero attached hydrogens (tertiary/aromatic N) is 4. The van der Waals surface area contributed by atoms with Gasteiger partial charge in [0.15, 0.2) is 0 Å². The van der Waals surface area contributed by atoms with Gasteiger partial charge in [0.2, 0.25) is 5.91 Å². The fraction of sp³-hybridized carbons (Fsp3) is 0.474. The summed E-state index contributed by atoms with van der Waals surface area (Å²) in [6, 6.07) is 6.62. The van der Waals surface area contributed by atoms with E-state index >= 15 is 0 Å². The van der Waals surface area contributed by atoms with E-state index in [4.69, 9.17) is 9.90 Å². The van der Waals surface area contributed by atoms with Crippen molar-refractivity contribution in [2.45, 2.75) is 38.0 Å². The van der Waals surface area contributed by atoms with Crippen LogP contribution in [0, 0.1) is 5.82 Å². The standard InChI is InChI=1S/C17H22FN5O.C2HF3O2/c18-15-6-4-14(5-7-15)16(22-8-2-1-3-9-22)10-20-17(24)11-23-13-19-12-21-23;3-2(4,5)1(6)7/h4-7,12-13,16H,1-3,8-11H2,(H,20,24);(H,6,7). The molecule has 1 aromatic carbocycles. The average Bonchev–Trinajstić information content (AvgIpc) is 3.23. The van der Waals surface area contributed by atoms with Crippen molar-refractivity contribution >= 4 is 11.9 Å². The number of halogens is 4. The molecule has 1 unspecified atom stereocenters. The summed E-state index contributed by atoms with van der Waals surface area (Å²) in [6.07, 6.45) is 1.39. The van der Waals surface area contributed by atoms with Gasteiger partial charge in [0.05, 0.1) is 6.04 Å². The van der Waals surface area contributed by atoms with Gasteiger partial charge in [-0.05, 0) is 43.6 Å². The van der Waals surface area contributed by atoms with Gasteiger partial charge < -0.3 is 10.4 Å². The SMILES string of the molecule is O=C(Cn1cncn1)NCC(c1ccc(F)cc1)N1CCCCC1.O=C(O)C(F)(F)F. The molecule has 1 amide bonds. The molecule has 31 heavy (non-hydrogen) atoms. The van der Waals surface area contributed by atoms with E-state index in [1.165, 1.54) is 35.9 Å². The Kier molecular flexibility index (Phi) is 8.91. The number of carbonyl (C=O) groups is 2. The Hall–Kier alpha value is -3.02. The highest BCUT2D eigenvalue weighted by molar-refractivity contribution is 5.75. The molecule has 2 heterocycles. The van der Waals surface area contributed by atoms with Gasteiger partial charge in [-0.25, -0.2) is 18.9 Å². The maximum Gasteiger partial charge on any atom is 0.490 e. The van der Waals surface area contributed by atoms with Crippen molar-refractivity contribution in [1.82, 2.24) is 25.0 Å². The number of carboxylic acids is 1. The molecule has 2 N–H and O–H groups in total. The van der Waals surface area contributed by atoms with E-state index in [0.717, 1.165) is 31.5 Å². The second kappa shape index (κ2) is 11.4. The summed E-state index contributed by atoms with van der Waals surface area (Å²) in [5.74, 6) is -3.11. The zero-order chi connectivity index (χ0) is 22.9. The van der Waals surface area contributed by atoms with Crippen LogP contribution >= 0.6 is 0 Å². The predicted molar refractivity (Wildman–Crippen MR) is 101 cm³/mol. The summed E-state index contributed by atoms with van der Waals surface area (Å²) in [6.45, 7) is 2.65. The van der Waals surface area contributed by atoms with E-state index in [1.54, 1.807) is 12.1 Å². The van der Waals surface area contributed by atoms with E-state index in [0.29, 0.717) is 6.54 Å². The van der Waals surface area contributed by atoms with E-state index < -0.39 is 12.1 Å². The normalized spacial score (nSPS) is 15.5. The lowest BCUT2D eigenvalue weighted by atomic mass is 10.0. The van der Waals surface area contributed by atoms with Gasteiger partial charge in [-0.1, -0.05) is 18.6 Å². The summed E-state index contributed by atoms with van der Waals surface area (Å²) >= 11 is 0. The molecule has 1 aliphatic rings. The molecule has 0 radical (unpaired) electrons. The lowest BCUT2D eigenvalue weighted by Crippen LogP contribution is -2.41. The third kappa shape index (κ3) is 8.32. The molecule has 1 fully saturated rings. The minimum atomic E-state index is -5.08. The molecule has 12 heteroatoms. The molecule has 3 rings (SSSR count). The maximum absolute atomic E-state index is 13.2. The largest absolute Gasteiger partial charge is 0.490 e. The van der Waals surface area contributed by atoms with Crippen LogP contribution in [-0.2, 0) is 16.1 Å². The third-order valence-corrected chi connectivity index (χ3v) is 4.59. The Bertz CT molecular complexity index is 822. The molecule has 0 spiro atoms. The summed E-state index contributed by atoms with van der Waals surface area (Å²) in [5.41, 5.74) is 1.03. The molecule has 1 atom stereocenters. The number of rotatable bonds is 6. The minimum Gasteiger partial charge on any atom is -0.475 e. The number of likely N-dealkylation sites (tertiary alicyclic amines) is 1. The first-order valence-corrected chi connectivity index (χ1v) is 9.55. The number of aliphatic carboxylic acids is 1. The van der Waals surface area contributed by atoms with E-state index in [9.17, 15) is 22.4 Å². The number of nitrogens with one attached hydrogen (secondary N) is 1. The fourth-order valence-corrected chi connectivity index (χ4v) is 3.10. The molecule has 0 aliphatic carbocycles. The van der Waals surface area contributed by atoms with Crippen molar-refractivity contribution in [1.29, 1.82) is 0 Å². The highest BCUT2D eigenvalue weighted by atomic mass is 19.4. The van der Waals surface area contributed by atoms with Gasteiger partial charge >= 0.3 is 12.1 Å². The van der Waals surface area contributed by atoms with Gasteiger partial charge in [0.25, 0.3) is 0 Å². The first-order chi connectivity index (χ1) is 14.7. The van der Waals surface area contributed by atoms with E-state index in [-0.39, 0.29) is 24.3 Å². The lowest BCUT2D eigenvalue weighted by molar-refractivity contribution is -0.192. The van der Waals surface area contributed by atoms with E-state index in [1.807, 2.05) is 0 Å². The van der Waals surface area contributed by atoms with Crippen molar-refractivity contribution in [3.8, 4) is 0 Å². The summed E-state index contributed by atoms with van der Waals surface area (Å²) in [4.78, 5) is 27.2. The number of carboxylic acid groups (broad SMARTS) is 1. The highest BCUT2D eigenvalue weighted by Crippen LogP contribution is 2.24. The Balaban J connectivity index is 0.000000423. The molecule has 8 nitrogen and oxygen atoms in total. The zero-order valence-electron chi connectivity index (χ0n) is 16.6. The second-order valence-electron chi connectivity index (χ2n) is 6.86. The second-order valence-corrected chi connectivity index (χ2v) is 6.86. The number of alkyl halides is 3. The average molecular weight is 445 g/mol. The van der Waals surface area contributed by atoms with Crippen LogP contribution in [0.25, 0.3) is 0 Å². The molecule has 1 aromatic heterocycles. The number of piperidine rings is 1. The molecule has 1 aliphatic heterocycles. The van der Waals surface area contributed by atoms with Gasteiger partial charge in [0.1, 0.15) is 25.0 Å². The lowest BCUT2D eigenvalue weighted by Gasteiger charge is -2.35. The Morgan fingerprint density at radius 2 is 1.74 bits per heavy atom. The highest BCUT2D eigenvalue weighted by Gasteiger charge is 2.38. The molecule has 170 valence electrons. The van der Waals surface area contributed by atoms with Crippen LogP contribution in [0.5, 0.6) is 0 Å². The molecular weight excluding hydrogens is 422 g/mol. The van der Waals surface area contributed by atoms with Gasteiger partial charge in [-0.3, -0.25) is 9.69 Å². The van der Waals surface area contributed by atoms with Crippen molar-refractivity contribution < 1.29 is 32.3 Å². The van der Waals surface area contributed by atoms with Gasteiger partial charge in [-0.15, -0.1) is 0 Å². The van der Waals surface area contributed by atoms with Crippen LogP contribution < -0.4 is 5.32 Å². The number of benzene rings is 1. The number of hydrogen-bond donors (Lipinski definition) is 2. The van der Waals surface area contributed by atoms with Crippen LogP contribution in [0.1, 0.15) is 30.9 Å². The van der Waals surface area contributed by atoms with Crippen LogP contribution in [0.3, 0.4) is 0 Å². The maximum atomic E-state index is 13.2. The van der Waals surface area contributed by atoms with Crippen molar-refractivity contribution in [3.63, 3.8) is 0 Å². The number of amides is 1. The quantitative estimate of drug-likeness (QED) is 0.663. The number of hydrogen-bond acceptors (Lipinski definition) is 5. The fourth-order valence-electron chi connectivity index (χ4n) is 3.10. The smallest absolute Gasteiger partial charge is 0.475 e. The Labute approximate surface area is 175 Å². The number of aromatic nitrogens is 3. The Morgan fingerprint density at radius 3 is 2.26 bits per heavy atom. The summed E-state index contributed by atoms with van der Waals surface area (Å²) < 4.78 is 46.4. The molecule has 1 saturated heterocycles. The van der Waals surface area contributed by atoms with E-state index in [2.05, 4.69) is 20.3 Å². The van der Waals surface area contributed by atoms with Gasteiger partial charge in [-0.2, -0.15) is 18.3 Å². The minimum absolute atomic E-state index is 0.0607. The van der Waals surface area contributed by atoms with Crippen LogP contribution in [0.2, 0.25) is 0 Å². The Morgan fingerprint density at radius 1 is 1.13 bits per heavy atom. The zero-order valence-corrected chi connectivity index (χ0v) is 16.6. The van der Waals surface area contributed by atoms with Crippen LogP contribution in [0.15, 0.2) is 36.9 Å². The molecular formula is C19H23F4N5O3. The third-order valence-electron chi connectivity index (χ3n) is 4.59. The first kappa shape index (κ1) is 24.3. The van der Waals surface area contributed by atoms with Gasteiger partial charge in [0, 0.05) is 6.54 Å². The monoisotopic (exact) mass is 445 g/mol. The summed E-state index contributed by atoms with van der Waals surface area (Å²) in [5, 5.41) is 14.0.